The van der Waals surface area contributed by atoms with Gasteiger partial charge in [0.15, 0.2) is 0 Å². The average molecular weight is 298 g/mol. The molecule has 0 aliphatic carbocycles. The van der Waals surface area contributed by atoms with Crippen molar-refractivity contribution >= 4 is 11.6 Å². The Morgan fingerprint density at radius 1 is 1.52 bits per heavy atom. The summed E-state index contributed by atoms with van der Waals surface area (Å²) in [6.45, 7) is 4.33. The SMILES string of the molecule is CCC(C)N(CCOC)C(=O)c1cc(F)ccc1[N+](=O)[O-]. The molecule has 0 spiro atoms. The highest BCUT2D eigenvalue weighted by Crippen LogP contribution is 2.22. The summed E-state index contributed by atoms with van der Waals surface area (Å²) in [5, 5.41) is 11.0. The number of nitro benzene ring substituents is 1. The summed E-state index contributed by atoms with van der Waals surface area (Å²) >= 11 is 0. The minimum atomic E-state index is -0.683. The van der Waals surface area contributed by atoms with Gasteiger partial charge in [0.1, 0.15) is 11.4 Å². The first-order valence-corrected chi connectivity index (χ1v) is 6.66. The van der Waals surface area contributed by atoms with E-state index in [-0.39, 0.29) is 18.2 Å². The largest absolute Gasteiger partial charge is 0.383 e. The van der Waals surface area contributed by atoms with Gasteiger partial charge in [0.05, 0.1) is 11.5 Å². The topological polar surface area (TPSA) is 72.7 Å². The van der Waals surface area contributed by atoms with Crippen LogP contribution in [0.1, 0.15) is 30.6 Å². The second-order valence-electron chi connectivity index (χ2n) is 4.67. The van der Waals surface area contributed by atoms with Crippen molar-refractivity contribution in [3.63, 3.8) is 0 Å². The molecule has 6 nitrogen and oxygen atoms in total. The van der Waals surface area contributed by atoms with Gasteiger partial charge in [0.25, 0.3) is 11.6 Å². The molecule has 7 heteroatoms. The van der Waals surface area contributed by atoms with Gasteiger partial charge in [0, 0.05) is 25.8 Å². The molecule has 1 aromatic carbocycles. The molecule has 0 aliphatic heterocycles. The van der Waals surface area contributed by atoms with Gasteiger partial charge >= 0.3 is 0 Å². The second-order valence-corrected chi connectivity index (χ2v) is 4.67. The van der Waals surface area contributed by atoms with Crippen LogP contribution in [-0.4, -0.2) is 42.0 Å². The fourth-order valence-electron chi connectivity index (χ4n) is 1.93. The summed E-state index contributed by atoms with van der Waals surface area (Å²) in [4.78, 5) is 24.3. The van der Waals surface area contributed by atoms with Gasteiger partial charge in [0.2, 0.25) is 0 Å². The van der Waals surface area contributed by atoms with E-state index in [2.05, 4.69) is 0 Å². The molecule has 0 aliphatic rings. The number of carbonyl (C=O) groups excluding carboxylic acids is 1. The van der Waals surface area contributed by atoms with Gasteiger partial charge in [-0.25, -0.2) is 4.39 Å². The molecule has 0 N–H and O–H groups in total. The number of nitrogens with zero attached hydrogens (tertiary/aromatic N) is 2. The van der Waals surface area contributed by atoms with E-state index in [1.165, 1.54) is 12.0 Å². The van der Waals surface area contributed by atoms with Gasteiger partial charge in [-0.05, 0) is 25.5 Å². The fourth-order valence-corrected chi connectivity index (χ4v) is 1.93. The second kappa shape index (κ2) is 7.68. The van der Waals surface area contributed by atoms with Crippen molar-refractivity contribution < 1.29 is 18.8 Å². The molecule has 21 heavy (non-hydrogen) atoms. The van der Waals surface area contributed by atoms with Crippen molar-refractivity contribution in [2.75, 3.05) is 20.3 Å². The molecule has 0 saturated carbocycles. The van der Waals surface area contributed by atoms with Crippen molar-refractivity contribution in [3.8, 4) is 0 Å². The monoisotopic (exact) mass is 298 g/mol. The average Bonchev–Trinajstić information content (AvgIpc) is 2.46. The molecular weight excluding hydrogens is 279 g/mol. The summed E-state index contributed by atoms with van der Waals surface area (Å²) in [7, 11) is 1.50. The molecule has 0 bridgehead atoms. The van der Waals surface area contributed by atoms with E-state index < -0.39 is 22.3 Å². The van der Waals surface area contributed by atoms with Gasteiger partial charge in [-0.2, -0.15) is 0 Å². The third kappa shape index (κ3) is 4.22. The molecule has 1 unspecified atom stereocenters. The molecular formula is C14H19FN2O4. The predicted octanol–water partition coefficient (Wildman–Crippen LogP) is 2.62. The number of hydrogen-bond acceptors (Lipinski definition) is 4. The Morgan fingerprint density at radius 2 is 2.19 bits per heavy atom. The zero-order valence-corrected chi connectivity index (χ0v) is 12.3. The van der Waals surface area contributed by atoms with E-state index in [9.17, 15) is 19.3 Å². The number of amides is 1. The van der Waals surface area contributed by atoms with Gasteiger partial charge < -0.3 is 9.64 Å². The summed E-state index contributed by atoms with van der Waals surface area (Å²) < 4.78 is 18.3. The van der Waals surface area contributed by atoms with Crippen LogP contribution in [0.5, 0.6) is 0 Å². The lowest BCUT2D eigenvalue weighted by molar-refractivity contribution is -0.385. The maximum atomic E-state index is 13.4. The van der Waals surface area contributed by atoms with Crippen molar-refractivity contribution in [2.45, 2.75) is 26.3 Å². The summed E-state index contributed by atoms with van der Waals surface area (Å²) in [5.41, 5.74) is -0.636. The molecule has 0 fully saturated rings. The third-order valence-corrected chi connectivity index (χ3v) is 3.31. The van der Waals surface area contributed by atoms with Crippen molar-refractivity contribution in [3.05, 3.63) is 39.7 Å². The smallest absolute Gasteiger partial charge is 0.282 e. The lowest BCUT2D eigenvalue weighted by Crippen LogP contribution is -2.40. The quantitative estimate of drug-likeness (QED) is 0.573. The molecule has 116 valence electrons. The summed E-state index contributed by atoms with van der Waals surface area (Å²) in [6.07, 6.45) is 0.679. The molecule has 0 aromatic heterocycles. The van der Waals surface area contributed by atoms with Crippen LogP contribution in [0, 0.1) is 15.9 Å². The Labute approximate surface area is 122 Å². The van der Waals surface area contributed by atoms with Gasteiger partial charge in [-0.1, -0.05) is 6.92 Å². The Balaban J connectivity index is 3.18. The molecule has 1 rings (SSSR count). The van der Waals surface area contributed by atoms with Gasteiger partial charge in [-0.3, -0.25) is 14.9 Å². The molecule has 0 radical (unpaired) electrons. The number of rotatable bonds is 7. The number of hydrogen-bond donors (Lipinski definition) is 0. The highest BCUT2D eigenvalue weighted by molar-refractivity contribution is 5.98. The first kappa shape index (κ1) is 17.0. The Kier molecular flexibility index (Phi) is 6.23. The Hall–Kier alpha value is -2.02. The molecule has 0 saturated heterocycles. The number of carbonyl (C=O) groups is 1. The zero-order valence-electron chi connectivity index (χ0n) is 12.3. The fraction of sp³-hybridized carbons (Fsp3) is 0.500. The third-order valence-electron chi connectivity index (χ3n) is 3.31. The lowest BCUT2D eigenvalue weighted by atomic mass is 10.1. The maximum absolute atomic E-state index is 13.4. The standard InChI is InChI=1S/C14H19FN2O4/c1-4-10(2)16(7-8-21-3)14(18)12-9-11(15)5-6-13(12)17(19)20/h5-6,9-10H,4,7-8H2,1-3H3. The number of methoxy groups -OCH3 is 1. The number of ether oxygens (including phenoxy) is 1. The van der Waals surface area contributed by atoms with Crippen molar-refractivity contribution in [1.29, 1.82) is 0 Å². The highest BCUT2D eigenvalue weighted by atomic mass is 19.1. The lowest BCUT2D eigenvalue weighted by Gasteiger charge is -2.28. The molecule has 1 atom stereocenters. The van der Waals surface area contributed by atoms with Crippen LogP contribution in [0.2, 0.25) is 0 Å². The van der Waals surface area contributed by atoms with E-state index in [0.29, 0.717) is 13.0 Å². The Bertz CT molecular complexity index is 522. The van der Waals surface area contributed by atoms with Crippen LogP contribution in [0.3, 0.4) is 0 Å². The summed E-state index contributed by atoms with van der Waals surface area (Å²) in [6, 6.07) is 2.75. The van der Waals surface area contributed by atoms with E-state index >= 15 is 0 Å². The van der Waals surface area contributed by atoms with Crippen LogP contribution in [0.25, 0.3) is 0 Å². The van der Waals surface area contributed by atoms with E-state index in [1.807, 2.05) is 13.8 Å². The van der Waals surface area contributed by atoms with E-state index in [1.54, 1.807) is 0 Å². The van der Waals surface area contributed by atoms with E-state index in [0.717, 1.165) is 18.2 Å². The number of nitro groups is 1. The highest BCUT2D eigenvalue weighted by Gasteiger charge is 2.27. The minimum absolute atomic E-state index is 0.129. The molecule has 1 amide bonds. The summed E-state index contributed by atoms with van der Waals surface area (Å²) in [5.74, 6) is -1.24. The minimum Gasteiger partial charge on any atom is -0.383 e. The first-order valence-electron chi connectivity index (χ1n) is 6.66. The van der Waals surface area contributed by atoms with Crippen LogP contribution in [-0.2, 0) is 4.74 Å². The maximum Gasteiger partial charge on any atom is 0.282 e. The number of halogens is 1. The predicted molar refractivity (Wildman–Crippen MR) is 75.7 cm³/mol. The Morgan fingerprint density at radius 3 is 2.71 bits per heavy atom. The van der Waals surface area contributed by atoms with E-state index in [4.69, 9.17) is 4.74 Å². The number of benzene rings is 1. The van der Waals surface area contributed by atoms with Crippen LogP contribution in [0.4, 0.5) is 10.1 Å². The van der Waals surface area contributed by atoms with Crippen LogP contribution >= 0.6 is 0 Å². The first-order chi connectivity index (χ1) is 9.92. The molecule has 1 aromatic rings. The normalized spacial score (nSPS) is 12.0. The van der Waals surface area contributed by atoms with Crippen LogP contribution in [0.15, 0.2) is 18.2 Å². The van der Waals surface area contributed by atoms with Crippen molar-refractivity contribution in [2.24, 2.45) is 0 Å². The molecule has 0 heterocycles. The zero-order chi connectivity index (χ0) is 16.0. The van der Waals surface area contributed by atoms with Gasteiger partial charge in [-0.15, -0.1) is 0 Å². The van der Waals surface area contributed by atoms with Crippen LogP contribution < -0.4 is 0 Å². The van der Waals surface area contributed by atoms with Crippen molar-refractivity contribution in [1.82, 2.24) is 4.90 Å².